The van der Waals surface area contributed by atoms with Crippen LogP contribution < -0.4 is 5.32 Å². The zero-order valence-electron chi connectivity index (χ0n) is 16.7. The number of hydrogen-bond acceptors (Lipinski definition) is 5. The van der Waals surface area contributed by atoms with Crippen LogP contribution in [0.15, 0.2) is 59.0 Å². The normalized spacial score (nSPS) is 10.5. The van der Waals surface area contributed by atoms with Crippen molar-refractivity contribution < 1.29 is 13.9 Å². The Hall–Kier alpha value is -3.36. The van der Waals surface area contributed by atoms with E-state index < -0.39 is 5.97 Å². The van der Waals surface area contributed by atoms with Gasteiger partial charge in [-0.2, -0.15) is 5.26 Å². The Kier molecular flexibility index (Phi) is 6.83. The summed E-state index contributed by atoms with van der Waals surface area (Å²) in [7, 11) is 0. The summed E-state index contributed by atoms with van der Waals surface area (Å²) in [6.07, 6.45) is 0.939. The number of nitrogens with zero attached hydrogens (tertiary/aromatic N) is 1. The highest BCUT2D eigenvalue weighted by Crippen LogP contribution is 2.27. The maximum Gasteiger partial charge on any atom is 0.338 e. The molecule has 3 rings (SSSR count). The summed E-state index contributed by atoms with van der Waals surface area (Å²) in [4.78, 5) is 12.0. The van der Waals surface area contributed by atoms with Crippen molar-refractivity contribution in [2.45, 2.75) is 26.8 Å². The molecule has 0 saturated carbocycles. The molecular formula is C24H24N2O3. The Morgan fingerprint density at radius 3 is 2.66 bits per heavy atom. The highest BCUT2D eigenvalue weighted by atomic mass is 16.5. The monoisotopic (exact) mass is 388 g/mol. The molecule has 0 spiro atoms. The first-order chi connectivity index (χ1) is 14.1. The highest BCUT2D eigenvalue weighted by molar-refractivity contribution is 5.91. The third-order valence-electron chi connectivity index (χ3n) is 4.59. The summed E-state index contributed by atoms with van der Waals surface area (Å²) in [6.45, 7) is 5.56. The topological polar surface area (TPSA) is 75.3 Å². The second kappa shape index (κ2) is 9.72. The molecule has 0 atom stereocenters. The number of carbonyl (C=O) groups excluding carboxylic acids is 1. The Morgan fingerprint density at radius 2 is 1.93 bits per heavy atom. The predicted molar refractivity (Wildman–Crippen MR) is 111 cm³/mol. The Balaban J connectivity index is 1.64. The number of hydrogen-bond donors (Lipinski definition) is 1. The zero-order valence-corrected chi connectivity index (χ0v) is 16.7. The number of rotatable bonds is 8. The van der Waals surface area contributed by atoms with Crippen LogP contribution in [0.2, 0.25) is 0 Å². The summed E-state index contributed by atoms with van der Waals surface area (Å²) < 4.78 is 11.0. The van der Waals surface area contributed by atoms with Crippen LogP contribution in [-0.2, 0) is 17.7 Å². The van der Waals surface area contributed by atoms with Crippen molar-refractivity contribution in [2.75, 3.05) is 13.2 Å². The van der Waals surface area contributed by atoms with Crippen molar-refractivity contribution in [3.8, 4) is 17.4 Å². The lowest BCUT2D eigenvalue weighted by Crippen LogP contribution is -2.16. The fourth-order valence-corrected chi connectivity index (χ4v) is 3.00. The van der Waals surface area contributed by atoms with Crippen LogP contribution in [0.3, 0.4) is 0 Å². The van der Waals surface area contributed by atoms with Gasteiger partial charge in [0.15, 0.2) is 0 Å². The summed E-state index contributed by atoms with van der Waals surface area (Å²) in [5.41, 5.74) is 3.98. The van der Waals surface area contributed by atoms with Crippen molar-refractivity contribution in [1.29, 1.82) is 5.26 Å². The van der Waals surface area contributed by atoms with E-state index in [0.717, 1.165) is 18.7 Å². The molecule has 0 bridgehead atoms. The summed E-state index contributed by atoms with van der Waals surface area (Å²) in [6, 6.07) is 19.2. The van der Waals surface area contributed by atoms with Crippen molar-refractivity contribution in [3.63, 3.8) is 0 Å². The van der Waals surface area contributed by atoms with Crippen molar-refractivity contribution >= 4 is 5.97 Å². The number of nitrogens with one attached hydrogen (secondary N) is 1. The maximum atomic E-state index is 12.0. The molecule has 0 fully saturated rings. The largest absolute Gasteiger partial charge is 0.462 e. The molecule has 2 aromatic carbocycles. The molecule has 0 aliphatic rings. The highest BCUT2D eigenvalue weighted by Gasteiger charge is 2.14. The molecule has 1 heterocycles. The molecule has 0 radical (unpaired) electrons. The van der Waals surface area contributed by atoms with Crippen LogP contribution in [0, 0.1) is 18.3 Å². The van der Waals surface area contributed by atoms with Gasteiger partial charge in [0, 0.05) is 5.56 Å². The molecule has 1 aromatic heterocycles. The van der Waals surface area contributed by atoms with E-state index in [1.165, 1.54) is 11.1 Å². The Morgan fingerprint density at radius 1 is 1.14 bits per heavy atom. The predicted octanol–water partition coefficient (Wildman–Crippen LogP) is 4.64. The average Bonchev–Trinajstić information content (AvgIpc) is 3.21. The smallest absolute Gasteiger partial charge is 0.338 e. The molecule has 148 valence electrons. The lowest BCUT2D eigenvalue weighted by molar-refractivity contribution is 0.0526. The van der Waals surface area contributed by atoms with Crippen molar-refractivity contribution in [3.05, 3.63) is 82.6 Å². The molecule has 1 N–H and O–H groups in total. The lowest BCUT2D eigenvalue weighted by atomic mass is 10.0. The molecule has 29 heavy (non-hydrogen) atoms. The van der Waals surface area contributed by atoms with E-state index in [0.29, 0.717) is 35.6 Å². The SMILES string of the molecule is CCOC(=O)c1ccc(C#N)c(-c2ccc(CNCCc3ccc(C)cc3)o2)c1. The third kappa shape index (κ3) is 5.34. The van der Waals surface area contributed by atoms with Gasteiger partial charge in [0.2, 0.25) is 0 Å². The van der Waals surface area contributed by atoms with Gasteiger partial charge in [-0.05, 0) is 62.7 Å². The summed E-state index contributed by atoms with van der Waals surface area (Å²) in [5, 5.41) is 12.8. The summed E-state index contributed by atoms with van der Waals surface area (Å²) >= 11 is 0. The van der Waals surface area contributed by atoms with E-state index in [2.05, 4.69) is 42.6 Å². The van der Waals surface area contributed by atoms with Crippen LogP contribution in [0.5, 0.6) is 0 Å². The number of furan rings is 1. The van der Waals surface area contributed by atoms with Gasteiger partial charge in [0.1, 0.15) is 11.5 Å². The number of carbonyl (C=O) groups is 1. The number of aryl methyl sites for hydroxylation is 1. The van der Waals surface area contributed by atoms with Crippen LogP contribution in [0.4, 0.5) is 0 Å². The van der Waals surface area contributed by atoms with Gasteiger partial charge < -0.3 is 14.5 Å². The maximum absolute atomic E-state index is 12.0. The van der Waals surface area contributed by atoms with E-state index in [1.54, 1.807) is 25.1 Å². The van der Waals surface area contributed by atoms with Gasteiger partial charge in [0.25, 0.3) is 0 Å². The van der Waals surface area contributed by atoms with E-state index >= 15 is 0 Å². The molecule has 5 heteroatoms. The second-order valence-corrected chi connectivity index (χ2v) is 6.77. The molecule has 3 aromatic rings. The zero-order chi connectivity index (χ0) is 20.6. The fourth-order valence-electron chi connectivity index (χ4n) is 3.00. The quantitative estimate of drug-likeness (QED) is 0.450. The standard InChI is InChI=1S/C24H24N2O3/c1-3-28-24(27)19-8-9-20(15-25)22(14-19)23-11-10-21(29-23)16-26-13-12-18-6-4-17(2)5-7-18/h4-11,14,26H,3,12-13,16H2,1-2H3. The average molecular weight is 388 g/mol. The molecule has 0 aliphatic heterocycles. The molecule has 0 aliphatic carbocycles. The molecule has 0 unspecified atom stereocenters. The van der Waals surface area contributed by atoms with Crippen LogP contribution >= 0.6 is 0 Å². The van der Waals surface area contributed by atoms with Gasteiger partial charge >= 0.3 is 5.97 Å². The van der Waals surface area contributed by atoms with Gasteiger partial charge in [-0.15, -0.1) is 0 Å². The number of esters is 1. The van der Waals surface area contributed by atoms with Gasteiger partial charge in [-0.3, -0.25) is 0 Å². The minimum atomic E-state index is -0.414. The van der Waals surface area contributed by atoms with Gasteiger partial charge in [-0.25, -0.2) is 4.79 Å². The van der Waals surface area contributed by atoms with Crippen LogP contribution in [-0.4, -0.2) is 19.1 Å². The molecule has 5 nitrogen and oxygen atoms in total. The van der Waals surface area contributed by atoms with Crippen molar-refractivity contribution in [2.24, 2.45) is 0 Å². The first-order valence-corrected chi connectivity index (χ1v) is 9.67. The van der Waals surface area contributed by atoms with Crippen molar-refractivity contribution in [1.82, 2.24) is 5.32 Å². The number of nitriles is 1. The molecule has 0 saturated heterocycles. The van der Waals surface area contributed by atoms with Crippen LogP contribution in [0.25, 0.3) is 11.3 Å². The van der Waals surface area contributed by atoms with Gasteiger partial charge in [0.05, 0.1) is 30.3 Å². The minimum Gasteiger partial charge on any atom is -0.462 e. The minimum absolute atomic E-state index is 0.299. The third-order valence-corrected chi connectivity index (χ3v) is 4.59. The molecule has 0 amide bonds. The first-order valence-electron chi connectivity index (χ1n) is 9.67. The van der Waals surface area contributed by atoms with E-state index in [1.807, 2.05) is 12.1 Å². The van der Waals surface area contributed by atoms with E-state index in [9.17, 15) is 10.1 Å². The number of benzene rings is 2. The summed E-state index contributed by atoms with van der Waals surface area (Å²) in [5.74, 6) is 0.917. The van der Waals surface area contributed by atoms with Gasteiger partial charge in [-0.1, -0.05) is 29.8 Å². The number of ether oxygens (including phenoxy) is 1. The Labute approximate surface area is 170 Å². The first kappa shape index (κ1) is 20.4. The van der Waals surface area contributed by atoms with E-state index in [4.69, 9.17) is 9.15 Å². The van der Waals surface area contributed by atoms with E-state index in [-0.39, 0.29) is 0 Å². The lowest BCUT2D eigenvalue weighted by Gasteiger charge is -2.06. The second-order valence-electron chi connectivity index (χ2n) is 6.77. The molecular weight excluding hydrogens is 364 g/mol. The fraction of sp³-hybridized carbons (Fsp3) is 0.250. The Bertz CT molecular complexity index is 1010. The van der Waals surface area contributed by atoms with Crippen LogP contribution in [0.1, 0.15) is 39.7 Å².